The van der Waals surface area contributed by atoms with Crippen LogP contribution in [0.3, 0.4) is 0 Å². The van der Waals surface area contributed by atoms with E-state index in [0.29, 0.717) is 5.78 Å². The first-order chi connectivity index (χ1) is 8.58. The van der Waals surface area contributed by atoms with E-state index in [2.05, 4.69) is 27.7 Å². The van der Waals surface area contributed by atoms with Crippen LogP contribution in [0.2, 0.25) is 0 Å². The van der Waals surface area contributed by atoms with Crippen LogP contribution >= 0.6 is 0 Å². The second kappa shape index (κ2) is 10.6. The molecule has 0 rings (SSSR count). The van der Waals surface area contributed by atoms with Gasteiger partial charge in [-0.3, -0.25) is 4.79 Å². The molecule has 0 aliphatic heterocycles. The van der Waals surface area contributed by atoms with Crippen molar-refractivity contribution >= 4 is 5.78 Å². The highest BCUT2D eigenvalue weighted by atomic mass is 16.1. The van der Waals surface area contributed by atoms with E-state index >= 15 is 0 Å². The first-order valence-electron chi connectivity index (χ1n) is 8.09. The van der Waals surface area contributed by atoms with Gasteiger partial charge in [-0.1, -0.05) is 66.2 Å². The molecule has 0 fully saturated rings. The maximum Gasteiger partial charge on any atom is 0.133 e. The summed E-state index contributed by atoms with van der Waals surface area (Å²) in [7, 11) is 0. The Labute approximate surface area is 115 Å². The summed E-state index contributed by atoms with van der Waals surface area (Å²) < 4.78 is 0. The smallest absolute Gasteiger partial charge is 0.133 e. The Morgan fingerprint density at radius 1 is 0.833 bits per heavy atom. The molecular formula is C17H34O. The second-order valence-corrected chi connectivity index (χ2v) is 6.19. The van der Waals surface area contributed by atoms with Crippen molar-refractivity contribution in [3.63, 3.8) is 0 Å². The van der Waals surface area contributed by atoms with E-state index in [4.69, 9.17) is 0 Å². The molecule has 0 saturated carbocycles. The number of carbonyl (C=O) groups is 1. The van der Waals surface area contributed by atoms with E-state index in [1.54, 1.807) is 0 Å². The lowest BCUT2D eigenvalue weighted by Gasteiger charge is -2.29. The number of unbranched alkanes of at least 4 members (excludes halogenated alkanes) is 4. The van der Waals surface area contributed by atoms with Gasteiger partial charge in [0, 0.05) is 12.8 Å². The first-order valence-corrected chi connectivity index (χ1v) is 8.09. The zero-order chi connectivity index (χ0) is 13.9. The van der Waals surface area contributed by atoms with Crippen LogP contribution in [0.25, 0.3) is 0 Å². The summed E-state index contributed by atoms with van der Waals surface area (Å²) in [6.45, 7) is 8.91. The largest absolute Gasteiger partial charge is 0.300 e. The highest BCUT2D eigenvalue weighted by molar-refractivity contribution is 5.78. The molecule has 108 valence electrons. The number of rotatable bonds is 12. The molecule has 0 aliphatic rings. The molecular weight excluding hydrogens is 220 g/mol. The van der Waals surface area contributed by atoms with Crippen molar-refractivity contribution in [3.8, 4) is 0 Å². The van der Waals surface area contributed by atoms with Crippen LogP contribution in [0.1, 0.15) is 98.3 Å². The molecule has 0 aromatic heterocycles. The van der Waals surface area contributed by atoms with Crippen molar-refractivity contribution in [2.24, 2.45) is 5.41 Å². The van der Waals surface area contributed by atoms with Crippen LogP contribution < -0.4 is 0 Å². The average Bonchev–Trinajstić information content (AvgIpc) is 2.29. The molecule has 1 heteroatoms. The van der Waals surface area contributed by atoms with Crippen LogP contribution in [-0.4, -0.2) is 5.78 Å². The van der Waals surface area contributed by atoms with Crippen molar-refractivity contribution in [2.75, 3.05) is 0 Å². The van der Waals surface area contributed by atoms with Gasteiger partial charge in [-0.15, -0.1) is 0 Å². The molecule has 0 radical (unpaired) electrons. The molecule has 1 atom stereocenters. The minimum absolute atomic E-state index is 0.271. The minimum atomic E-state index is 0.271. The molecule has 0 N–H and O–H groups in total. The van der Waals surface area contributed by atoms with E-state index in [9.17, 15) is 4.79 Å². The highest BCUT2D eigenvalue weighted by Gasteiger charge is 2.25. The predicted octanol–water partition coefficient (Wildman–Crippen LogP) is 5.91. The van der Waals surface area contributed by atoms with Crippen molar-refractivity contribution in [1.82, 2.24) is 0 Å². The number of Topliss-reactive ketones (excluding diaryl/α,β-unsaturated/α-hetero) is 1. The summed E-state index contributed by atoms with van der Waals surface area (Å²) >= 11 is 0. The van der Waals surface area contributed by atoms with Gasteiger partial charge in [-0.25, -0.2) is 0 Å². The summed E-state index contributed by atoms with van der Waals surface area (Å²) in [5, 5.41) is 0. The maximum atomic E-state index is 11.9. The number of carbonyl (C=O) groups excluding carboxylic acids is 1. The third kappa shape index (κ3) is 8.72. The van der Waals surface area contributed by atoms with Crippen molar-refractivity contribution in [3.05, 3.63) is 0 Å². The van der Waals surface area contributed by atoms with Crippen LogP contribution in [0.4, 0.5) is 0 Å². The number of ketones is 1. The second-order valence-electron chi connectivity index (χ2n) is 6.19. The molecule has 0 saturated heterocycles. The van der Waals surface area contributed by atoms with Gasteiger partial charge in [0.25, 0.3) is 0 Å². The van der Waals surface area contributed by atoms with Crippen molar-refractivity contribution in [2.45, 2.75) is 98.3 Å². The molecule has 1 unspecified atom stereocenters. The SMILES string of the molecule is CCCCCCCC(C)(CCC)CC(=O)CCC. The zero-order valence-corrected chi connectivity index (χ0v) is 13.2. The van der Waals surface area contributed by atoms with Gasteiger partial charge in [0.05, 0.1) is 0 Å². The fraction of sp³-hybridized carbons (Fsp3) is 0.941. The standard InChI is InChI=1S/C17H34O/c1-5-8-9-10-11-14-17(4,13-7-3)15-16(18)12-6-2/h5-15H2,1-4H3. The molecule has 0 aromatic carbocycles. The Kier molecular flexibility index (Phi) is 10.4. The van der Waals surface area contributed by atoms with Crippen molar-refractivity contribution in [1.29, 1.82) is 0 Å². The Morgan fingerprint density at radius 3 is 2.06 bits per heavy atom. The van der Waals surface area contributed by atoms with Gasteiger partial charge in [0.1, 0.15) is 5.78 Å². The van der Waals surface area contributed by atoms with Crippen molar-refractivity contribution < 1.29 is 4.79 Å². The Hall–Kier alpha value is -0.330. The number of hydrogen-bond donors (Lipinski definition) is 0. The lowest BCUT2D eigenvalue weighted by atomic mass is 9.76. The summed E-state index contributed by atoms with van der Waals surface area (Å²) in [5.41, 5.74) is 0.271. The molecule has 0 amide bonds. The normalized spacial score (nSPS) is 14.4. The highest BCUT2D eigenvalue weighted by Crippen LogP contribution is 2.34. The molecule has 0 bridgehead atoms. The summed E-state index contributed by atoms with van der Waals surface area (Å²) in [5.74, 6) is 0.474. The van der Waals surface area contributed by atoms with Gasteiger partial charge in [0.15, 0.2) is 0 Å². The zero-order valence-electron chi connectivity index (χ0n) is 13.2. The van der Waals surface area contributed by atoms with Crippen LogP contribution in [0.15, 0.2) is 0 Å². The van der Waals surface area contributed by atoms with Gasteiger partial charge < -0.3 is 0 Å². The Bertz CT molecular complexity index is 210. The molecule has 18 heavy (non-hydrogen) atoms. The van der Waals surface area contributed by atoms with Gasteiger partial charge in [-0.2, -0.15) is 0 Å². The molecule has 0 spiro atoms. The van der Waals surface area contributed by atoms with Crippen LogP contribution in [-0.2, 0) is 4.79 Å². The van der Waals surface area contributed by atoms with E-state index < -0.39 is 0 Å². The molecule has 1 nitrogen and oxygen atoms in total. The third-order valence-electron chi connectivity index (χ3n) is 3.89. The molecule has 0 heterocycles. The lowest BCUT2D eigenvalue weighted by molar-refractivity contribution is -0.121. The van der Waals surface area contributed by atoms with Gasteiger partial charge >= 0.3 is 0 Å². The van der Waals surface area contributed by atoms with Gasteiger partial charge in [0.2, 0.25) is 0 Å². The summed E-state index contributed by atoms with van der Waals surface area (Å²) in [6.07, 6.45) is 12.9. The summed E-state index contributed by atoms with van der Waals surface area (Å²) in [6, 6.07) is 0. The minimum Gasteiger partial charge on any atom is -0.300 e. The monoisotopic (exact) mass is 254 g/mol. The van der Waals surface area contributed by atoms with E-state index in [-0.39, 0.29) is 5.41 Å². The first kappa shape index (κ1) is 17.7. The fourth-order valence-electron chi connectivity index (χ4n) is 2.90. The lowest BCUT2D eigenvalue weighted by Crippen LogP contribution is -2.21. The Morgan fingerprint density at radius 2 is 1.50 bits per heavy atom. The third-order valence-corrected chi connectivity index (χ3v) is 3.89. The van der Waals surface area contributed by atoms with Crippen LogP contribution in [0.5, 0.6) is 0 Å². The van der Waals surface area contributed by atoms with E-state index in [0.717, 1.165) is 19.3 Å². The molecule has 0 aliphatic carbocycles. The average molecular weight is 254 g/mol. The molecule has 0 aromatic rings. The van der Waals surface area contributed by atoms with Gasteiger partial charge in [-0.05, 0) is 24.7 Å². The van der Waals surface area contributed by atoms with Crippen LogP contribution in [0, 0.1) is 5.41 Å². The maximum absolute atomic E-state index is 11.9. The summed E-state index contributed by atoms with van der Waals surface area (Å²) in [4.78, 5) is 11.9. The Balaban J connectivity index is 4.03. The number of hydrogen-bond acceptors (Lipinski definition) is 1. The van der Waals surface area contributed by atoms with E-state index in [1.807, 2.05) is 0 Å². The topological polar surface area (TPSA) is 17.1 Å². The van der Waals surface area contributed by atoms with E-state index in [1.165, 1.54) is 51.4 Å². The fourth-order valence-corrected chi connectivity index (χ4v) is 2.90. The predicted molar refractivity (Wildman–Crippen MR) is 80.9 cm³/mol. The quantitative estimate of drug-likeness (QED) is 0.395.